The fourth-order valence-electron chi connectivity index (χ4n) is 3.78. The second-order valence-electron chi connectivity index (χ2n) is 7.53. The number of aliphatic imine (C=N–C) groups is 1. The SMILES string of the molecule is C=CC1=C(N=C)N[C@@H](CCCCN(CC[C@H](NC=O)C(=O)OC)C2CC2)CC1.[HH]. The molecular formula is C21H36N4O3. The molecule has 0 aromatic carbocycles. The van der Waals surface area contributed by atoms with Crippen LogP contribution in [-0.2, 0) is 14.3 Å². The molecular weight excluding hydrogens is 356 g/mol. The normalized spacial score (nSPS) is 20.3. The molecule has 1 heterocycles. The number of amides is 1. The quantitative estimate of drug-likeness (QED) is 0.205. The molecule has 1 aliphatic heterocycles. The summed E-state index contributed by atoms with van der Waals surface area (Å²) in [6.45, 7) is 9.30. The maximum atomic E-state index is 11.7. The minimum absolute atomic E-state index is 0. The Bertz CT molecular complexity index is 592. The Morgan fingerprint density at radius 1 is 1.43 bits per heavy atom. The van der Waals surface area contributed by atoms with E-state index in [-0.39, 0.29) is 7.40 Å². The minimum atomic E-state index is -0.564. The molecule has 2 N–H and O–H groups in total. The van der Waals surface area contributed by atoms with Crippen molar-refractivity contribution < 1.29 is 15.8 Å². The Balaban J connectivity index is 0.00000420. The van der Waals surface area contributed by atoms with Crippen LogP contribution < -0.4 is 10.6 Å². The number of ether oxygens (including phenoxy) is 1. The van der Waals surface area contributed by atoms with Crippen LogP contribution in [0, 0.1) is 0 Å². The number of carbonyl (C=O) groups is 2. The molecule has 7 heteroatoms. The van der Waals surface area contributed by atoms with Crippen LogP contribution in [-0.4, -0.2) is 62.3 Å². The van der Waals surface area contributed by atoms with E-state index in [1.54, 1.807) is 0 Å². The summed E-state index contributed by atoms with van der Waals surface area (Å²) in [6.07, 6.45) is 10.9. The molecule has 1 aliphatic carbocycles. The highest BCUT2D eigenvalue weighted by Crippen LogP contribution is 2.28. The van der Waals surface area contributed by atoms with Crippen LogP contribution >= 0.6 is 0 Å². The van der Waals surface area contributed by atoms with Crippen LogP contribution in [0.1, 0.15) is 52.8 Å². The van der Waals surface area contributed by atoms with Crippen LogP contribution in [0.3, 0.4) is 0 Å². The Morgan fingerprint density at radius 3 is 2.82 bits per heavy atom. The smallest absolute Gasteiger partial charge is 0.328 e. The molecule has 7 nitrogen and oxygen atoms in total. The van der Waals surface area contributed by atoms with Gasteiger partial charge in [-0.3, -0.25) is 4.79 Å². The first kappa shape index (κ1) is 22.1. The Hall–Kier alpha value is -2.15. The lowest BCUT2D eigenvalue weighted by Crippen LogP contribution is -2.40. The molecule has 158 valence electrons. The van der Waals surface area contributed by atoms with E-state index in [9.17, 15) is 9.59 Å². The standard InChI is InChI=1S/C21H34N4O3.H2/c1-4-16-8-9-17(24-20(16)22-2)7-5-6-13-25(18-10-11-18)14-12-19(23-15-26)21(27)28-3;/h4,15,17-19,24H,1-2,5-14H2,3H3,(H,23,26);1H/t17-,19-;/m0./s1. The number of hydrogen-bond acceptors (Lipinski definition) is 6. The molecule has 2 aliphatic rings. The van der Waals surface area contributed by atoms with Crippen molar-refractivity contribution in [3.8, 4) is 0 Å². The third kappa shape index (κ3) is 6.78. The number of allylic oxidation sites excluding steroid dienone is 2. The predicted octanol–water partition coefficient (Wildman–Crippen LogP) is 2.39. The number of methoxy groups -OCH3 is 1. The number of nitrogens with zero attached hydrogens (tertiary/aromatic N) is 2. The largest absolute Gasteiger partial charge is 0.467 e. The van der Waals surface area contributed by atoms with E-state index in [0.29, 0.717) is 24.9 Å². The molecule has 1 saturated carbocycles. The molecule has 0 aromatic heterocycles. The molecule has 0 aromatic rings. The van der Waals surface area contributed by atoms with Crippen molar-refractivity contribution in [3.63, 3.8) is 0 Å². The second-order valence-corrected chi connectivity index (χ2v) is 7.53. The Morgan fingerprint density at radius 2 is 2.21 bits per heavy atom. The monoisotopic (exact) mass is 392 g/mol. The van der Waals surface area contributed by atoms with Crippen molar-refractivity contribution in [2.75, 3.05) is 20.2 Å². The number of carbonyl (C=O) groups excluding carboxylic acids is 2. The highest BCUT2D eigenvalue weighted by Gasteiger charge is 2.30. The van der Waals surface area contributed by atoms with Gasteiger partial charge in [0.25, 0.3) is 0 Å². The second kappa shape index (κ2) is 11.6. The molecule has 0 saturated heterocycles. The fraction of sp³-hybridized carbons (Fsp3) is 0.667. The van der Waals surface area contributed by atoms with E-state index in [1.165, 1.54) is 20.0 Å². The molecule has 28 heavy (non-hydrogen) atoms. The third-order valence-corrected chi connectivity index (χ3v) is 5.58. The van der Waals surface area contributed by atoms with E-state index in [4.69, 9.17) is 4.74 Å². The van der Waals surface area contributed by atoms with Crippen LogP contribution in [0.2, 0.25) is 0 Å². The van der Waals surface area contributed by atoms with Crippen molar-refractivity contribution in [2.24, 2.45) is 4.99 Å². The van der Waals surface area contributed by atoms with Gasteiger partial charge in [-0.15, -0.1) is 0 Å². The summed E-state index contributed by atoms with van der Waals surface area (Å²) >= 11 is 0. The highest BCUT2D eigenvalue weighted by molar-refractivity contribution is 5.78. The molecule has 2 atom stereocenters. The summed E-state index contributed by atoms with van der Waals surface area (Å²) in [5, 5.41) is 6.03. The van der Waals surface area contributed by atoms with Crippen LogP contribution in [0.4, 0.5) is 0 Å². The van der Waals surface area contributed by atoms with E-state index in [1.807, 2.05) is 6.08 Å². The zero-order valence-corrected chi connectivity index (χ0v) is 17.0. The molecule has 1 amide bonds. The van der Waals surface area contributed by atoms with Gasteiger partial charge in [0.2, 0.25) is 6.41 Å². The lowest BCUT2D eigenvalue weighted by molar-refractivity contribution is -0.144. The number of hydrogen-bond donors (Lipinski definition) is 2. The first-order chi connectivity index (χ1) is 13.6. The summed E-state index contributed by atoms with van der Waals surface area (Å²) in [6, 6.07) is 0.502. The van der Waals surface area contributed by atoms with Gasteiger partial charge >= 0.3 is 5.97 Å². The van der Waals surface area contributed by atoms with Gasteiger partial charge in [-0.05, 0) is 63.8 Å². The van der Waals surface area contributed by atoms with Crippen molar-refractivity contribution in [3.05, 3.63) is 24.0 Å². The first-order valence-electron chi connectivity index (χ1n) is 10.2. The number of nitrogens with one attached hydrogen (secondary N) is 2. The van der Waals surface area contributed by atoms with Gasteiger partial charge in [-0.25, -0.2) is 9.79 Å². The van der Waals surface area contributed by atoms with Crippen molar-refractivity contribution in [1.82, 2.24) is 15.5 Å². The topological polar surface area (TPSA) is 83.0 Å². The molecule has 1 fully saturated rings. The minimum Gasteiger partial charge on any atom is -0.467 e. The van der Waals surface area contributed by atoms with E-state index in [0.717, 1.165) is 56.6 Å². The molecule has 2 rings (SSSR count). The molecule has 0 bridgehead atoms. The number of unbranched alkanes of at least 4 members (excludes halogenated alkanes) is 1. The summed E-state index contributed by atoms with van der Waals surface area (Å²) in [5.74, 6) is 0.493. The molecule has 0 spiro atoms. The maximum Gasteiger partial charge on any atom is 0.328 e. The molecule has 0 radical (unpaired) electrons. The summed E-state index contributed by atoms with van der Waals surface area (Å²) < 4.78 is 4.76. The predicted molar refractivity (Wildman–Crippen MR) is 113 cm³/mol. The molecule has 0 unspecified atom stereocenters. The van der Waals surface area contributed by atoms with Gasteiger partial charge in [0.1, 0.15) is 11.9 Å². The van der Waals surface area contributed by atoms with Gasteiger partial charge < -0.3 is 20.3 Å². The maximum absolute atomic E-state index is 11.7. The van der Waals surface area contributed by atoms with Crippen molar-refractivity contribution >= 4 is 19.1 Å². The first-order valence-corrected chi connectivity index (χ1v) is 10.2. The Labute approximate surface area is 169 Å². The zero-order valence-electron chi connectivity index (χ0n) is 17.0. The van der Waals surface area contributed by atoms with Gasteiger partial charge in [-0.2, -0.15) is 0 Å². The van der Waals surface area contributed by atoms with E-state index in [2.05, 4.69) is 33.8 Å². The van der Waals surface area contributed by atoms with Gasteiger partial charge in [0, 0.05) is 20.1 Å². The van der Waals surface area contributed by atoms with Crippen LogP contribution in [0.5, 0.6) is 0 Å². The van der Waals surface area contributed by atoms with Crippen LogP contribution in [0.25, 0.3) is 0 Å². The highest BCUT2D eigenvalue weighted by atomic mass is 16.5. The van der Waals surface area contributed by atoms with Crippen molar-refractivity contribution in [1.29, 1.82) is 0 Å². The average molecular weight is 393 g/mol. The number of esters is 1. The van der Waals surface area contributed by atoms with E-state index >= 15 is 0 Å². The van der Waals surface area contributed by atoms with E-state index < -0.39 is 6.04 Å². The number of rotatable bonds is 14. The fourth-order valence-corrected chi connectivity index (χ4v) is 3.78. The van der Waals surface area contributed by atoms with Gasteiger partial charge in [0.05, 0.1) is 7.11 Å². The van der Waals surface area contributed by atoms with Gasteiger partial charge in [-0.1, -0.05) is 19.1 Å². The average Bonchev–Trinajstić information content (AvgIpc) is 3.56. The lowest BCUT2D eigenvalue weighted by Gasteiger charge is -2.27. The lowest BCUT2D eigenvalue weighted by atomic mass is 9.97. The summed E-state index contributed by atoms with van der Waals surface area (Å²) in [5.41, 5.74) is 1.15. The van der Waals surface area contributed by atoms with Gasteiger partial charge in [0.15, 0.2) is 0 Å². The van der Waals surface area contributed by atoms with Crippen LogP contribution in [0.15, 0.2) is 29.0 Å². The third-order valence-electron chi connectivity index (χ3n) is 5.58. The zero-order chi connectivity index (χ0) is 20.4. The summed E-state index contributed by atoms with van der Waals surface area (Å²) in [4.78, 5) is 29.0. The van der Waals surface area contributed by atoms with Crippen molar-refractivity contribution in [2.45, 2.75) is 69.5 Å². The summed E-state index contributed by atoms with van der Waals surface area (Å²) in [7, 11) is 1.35. The Kier molecular flexibility index (Phi) is 9.20.